The maximum Gasteiger partial charge on any atom is 0.261 e. The molecule has 4 rings (SSSR count). The van der Waals surface area contributed by atoms with Gasteiger partial charge >= 0.3 is 0 Å². The standard InChI is InChI=1S/C20H24N4O2S/c25-19(9-6-15-13-21-10-11-22-15)24-12-2-5-16(24)17-7-8-18(27-17)20(26)23-14-3-1-4-14/h7-8,10-11,13-14,16H,1-6,9,12H2,(H,23,26)/t16-/m0/s1. The number of aryl methyl sites for hydroxylation is 1. The molecule has 0 aromatic carbocycles. The second-order valence-corrected chi connectivity index (χ2v) is 8.36. The molecule has 142 valence electrons. The first-order chi connectivity index (χ1) is 13.2. The van der Waals surface area contributed by atoms with E-state index in [1.165, 1.54) is 17.8 Å². The van der Waals surface area contributed by atoms with Crippen molar-refractivity contribution in [3.8, 4) is 0 Å². The van der Waals surface area contributed by atoms with Gasteiger partial charge in [-0.2, -0.15) is 0 Å². The minimum atomic E-state index is 0.0227. The lowest BCUT2D eigenvalue weighted by molar-refractivity contribution is -0.132. The van der Waals surface area contributed by atoms with Crippen LogP contribution >= 0.6 is 11.3 Å². The molecular weight excluding hydrogens is 360 g/mol. The molecule has 27 heavy (non-hydrogen) atoms. The predicted molar refractivity (Wildman–Crippen MR) is 103 cm³/mol. The van der Waals surface area contributed by atoms with E-state index in [0.29, 0.717) is 18.9 Å². The van der Waals surface area contributed by atoms with E-state index in [-0.39, 0.29) is 17.9 Å². The van der Waals surface area contributed by atoms with Crippen molar-refractivity contribution in [2.24, 2.45) is 0 Å². The average Bonchev–Trinajstić information content (AvgIpc) is 3.32. The summed E-state index contributed by atoms with van der Waals surface area (Å²) in [5.74, 6) is 0.173. The zero-order chi connectivity index (χ0) is 18.6. The predicted octanol–water partition coefficient (Wildman–Crippen LogP) is 3.12. The maximum atomic E-state index is 12.7. The first-order valence-electron chi connectivity index (χ1n) is 9.65. The van der Waals surface area contributed by atoms with Gasteiger partial charge < -0.3 is 10.2 Å². The van der Waals surface area contributed by atoms with E-state index in [4.69, 9.17) is 0 Å². The summed E-state index contributed by atoms with van der Waals surface area (Å²) in [5, 5.41) is 3.09. The van der Waals surface area contributed by atoms with Crippen molar-refractivity contribution in [2.45, 2.75) is 57.0 Å². The van der Waals surface area contributed by atoms with Crippen LogP contribution in [0, 0.1) is 0 Å². The van der Waals surface area contributed by atoms with Crippen LogP contribution in [-0.4, -0.2) is 39.3 Å². The molecule has 6 nitrogen and oxygen atoms in total. The number of likely N-dealkylation sites (tertiary alicyclic amines) is 1. The van der Waals surface area contributed by atoms with Crippen LogP contribution in [0.5, 0.6) is 0 Å². The number of amides is 2. The van der Waals surface area contributed by atoms with E-state index in [9.17, 15) is 9.59 Å². The molecule has 2 fully saturated rings. The normalized spacial score (nSPS) is 19.7. The smallest absolute Gasteiger partial charge is 0.261 e. The highest BCUT2D eigenvalue weighted by Crippen LogP contribution is 2.36. The Kier molecular flexibility index (Phi) is 5.48. The van der Waals surface area contributed by atoms with Gasteiger partial charge in [-0.1, -0.05) is 0 Å². The molecule has 1 N–H and O–H groups in total. The number of hydrogen-bond donors (Lipinski definition) is 1. The quantitative estimate of drug-likeness (QED) is 0.830. The van der Waals surface area contributed by atoms with Gasteiger partial charge in [-0.05, 0) is 50.7 Å². The van der Waals surface area contributed by atoms with Crippen molar-refractivity contribution in [1.82, 2.24) is 20.2 Å². The molecule has 2 aromatic rings. The van der Waals surface area contributed by atoms with E-state index in [0.717, 1.165) is 47.7 Å². The van der Waals surface area contributed by atoms with Crippen LogP contribution in [0.4, 0.5) is 0 Å². The molecule has 1 aliphatic carbocycles. The van der Waals surface area contributed by atoms with E-state index >= 15 is 0 Å². The Bertz CT molecular complexity index is 803. The second kappa shape index (κ2) is 8.17. The maximum absolute atomic E-state index is 12.7. The molecule has 3 heterocycles. The summed E-state index contributed by atoms with van der Waals surface area (Å²) in [4.78, 5) is 37.2. The molecule has 2 aromatic heterocycles. The van der Waals surface area contributed by atoms with Gasteiger partial charge in [0, 0.05) is 42.5 Å². The Balaban J connectivity index is 1.37. The van der Waals surface area contributed by atoms with Crippen molar-refractivity contribution >= 4 is 23.2 Å². The van der Waals surface area contributed by atoms with Crippen molar-refractivity contribution in [3.05, 3.63) is 46.2 Å². The lowest BCUT2D eigenvalue weighted by atomic mass is 9.93. The highest BCUT2D eigenvalue weighted by atomic mass is 32.1. The highest BCUT2D eigenvalue weighted by molar-refractivity contribution is 7.14. The summed E-state index contributed by atoms with van der Waals surface area (Å²) in [6.07, 6.45) is 11.4. The van der Waals surface area contributed by atoms with E-state index in [1.807, 2.05) is 17.0 Å². The fourth-order valence-corrected chi connectivity index (χ4v) is 4.72. The molecule has 1 atom stereocenters. The summed E-state index contributed by atoms with van der Waals surface area (Å²) in [6.45, 7) is 0.783. The van der Waals surface area contributed by atoms with Crippen molar-refractivity contribution < 1.29 is 9.59 Å². The molecule has 1 saturated carbocycles. The van der Waals surface area contributed by atoms with Crippen molar-refractivity contribution in [2.75, 3.05) is 6.54 Å². The largest absolute Gasteiger partial charge is 0.349 e. The van der Waals surface area contributed by atoms with Crippen LogP contribution in [-0.2, 0) is 11.2 Å². The monoisotopic (exact) mass is 384 g/mol. The van der Waals surface area contributed by atoms with Gasteiger partial charge in [-0.15, -0.1) is 11.3 Å². The minimum absolute atomic E-state index is 0.0227. The molecule has 1 aliphatic heterocycles. The zero-order valence-electron chi connectivity index (χ0n) is 15.3. The van der Waals surface area contributed by atoms with Crippen LogP contribution in [0.1, 0.15) is 64.8 Å². The number of nitrogens with one attached hydrogen (secondary N) is 1. The minimum Gasteiger partial charge on any atom is -0.349 e. The van der Waals surface area contributed by atoms with Crippen LogP contribution in [0.2, 0.25) is 0 Å². The number of nitrogens with zero attached hydrogens (tertiary/aromatic N) is 3. The Morgan fingerprint density at radius 1 is 1.19 bits per heavy atom. The molecule has 2 aliphatic rings. The third kappa shape index (κ3) is 4.18. The van der Waals surface area contributed by atoms with Crippen LogP contribution in [0.3, 0.4) is 0 Å². The van der Waals surface area contributed by atoms with E-state index < -0.39 is 0 Å². The summed E-state index contributed by atoms with van der Waals surface area (Å²) in [6, 6.07) is 4.34. The molecule has 2 amide bonds. The molecule has 1 saturated heterocycles. The third-order valence-corrected chi connectivity index (χ3v) is 6.59. The fraction of sp³-hybridized carbons (Fsp3) is 0.500. The third-order valence-electron chi connectivity index (χ3n) is 5.40. The Morgan fingerprint density at radius 3 is 2.81 bits per heavy atom. The molecule has 0 spiro atoms. The molecule has 0 radical (unpaired) electrons. The van der Waals surface area contributed by atoms with Crippen molar-refractivity contribution in [3.63, 3.8) is 0 Å². The first kappa shape index (κ1) is 18.1. The van der Waals surface area contributed by atoms with Crippen molar-refractivity contribution in [1.29, 1.82) is 0 Å². The molecular formula is C20H24N4O2S. The Hall–Kier alpha value is -2.28. The fourth-order valence-electron chi connectivity index (χ4n) is 3.66. The van der Waals surface area contributed by atoms with Gasteiger partial charge in [0.1, 0.15) is 0 Å². The summed E-state index contributed by atoms with van der Waals surface area (Å²) in [7, 11) is 0. The van der Waals surface area contributed by atoms with Crippen LogP contribution in [0.15, 0.2) is 30.7 Å². The summed E-state index contributed by atoms with van der Waals surface area (Å²) < 4.78 is 0. The molecule has 0 bridgehead atoms. The Labute approximate surface area is 163 Å². The summed E-state index contributed by atoms with van der Waals surface area (Å²) >= 11 is 1.52. The van der Waals surface area contributed by atoms with E-state index in [2.05, 4.69) is 15.3 Å². The number of thiophene rings is 1. The number of hydrogen-bond acceptors (Lipinski definition) is 5. The van der Waals surface area contributed by atoms with Crippen LogP contribution < -0.4 is 5.32 Å². The summed E-state index contributed by atoms with van der Waals surface area (Å²) in [5.41, 5.74) is 0.840. The van der Waals surface area contributed by atoms with E-state index in [1.54, 1.807) is 18.6 Å². The average molecular weight is 385 g/mol. The lowest BCUT2D eigenvalue weighted by Crippen LogP contribution is -2.39. The molecule has 7 heteroatoms. The van der Waals surface area contributed by atoms with Gasteiger partial charge in [0.25, 0.3) is 5.91 Å². The number of rotatable bonds is 6. The van der Waals surface area contributed by atoms with Gasteiger partial charge in [-0.3, -0.25) is 19.6 Å². The lowest BCUT2D eigenvalue weighted by Gasteiger charge is -2.26. The highest BCUT2D eigenvalue weighted by Gasteiger charge is 2.31. The van der Waals surface area contributed by atoms with Gasteiger partial charge in [0.15, 0.2) is 0 Å². The second-order valence-electron chi connectivity index (χ2n) is 7.25. The van der Waals surface area contributed by atoms with Gasteiger partial charge in [0.2, 0.25) is 5.91 Å². The first-order valence-corrected chi connectivity index (χ1v) is 10.5. The topological polar surface area (TPSA) is 75.2 Å². The molecule has 0 unspecified atom stereocenters. The van der Waals surface area contributed by atoms with Crippen LogP contribution in [0.25, 0.3) is 0 Å². The van der Waals surface area contributed by atoms with Gasteiger partial charge in [0.05, 0.1) is 16.6 Å². The van der Waals surface area contributed by atoms with Gasteiger partial charge in [-0.25, -0.2) is 0 Å². The zero-order valence-corrected chi connectivity index (χ0v) is 16.1. The Morgan fingerprint density at radius 2 is 2.07 bits per heavy atom. The SMILES string of the molecule is O=C(NC1CCC1)c1ccc([C@@H]2CCCN2C(=O)CCc2cnccn2)s1. The number of aromatic nitrogens is 2. The number of carbonyl (C=O) groups is 2. The number of carbonyl (C=O) groups excluding carboxylic acids is 2.